The van der Waals surface area contributed by atoms with Gasteiger partial charge in [0.1, 0.15) is 12.3 Å². The zero-order valence-electron chi connectivity index (χ0n) is 10.8. The van der Waals surface area contributed by atoms with Gasteiger partial charge in [-0.15, -0.1) is 0 Å². The Labute approximate surface area is 110 Å². The molecule has 0 saturated heterocycles. The Morgan fingerprint density at radius 3 is 2.58 bits per heavy atom. The maximum absolute atomic E-state index is 12.0. The summed E-state index contributed by atoms with van der Waals surface area (Å²) in [5.41, 5.74) is 1.02. The summed E-state index contributed by atoms with van der Waals surface area (Å²) in [5.74, 6) is 0.517. The standard InChI is InChI=1S/C14H14N2O3/c1-10-7-14(18)16(15-8-10)9-13(17)11-3-5-12(19-2)6-4-11/h3-8H,9H2,1-2H3. The van der Waals surface area contributed by atoms with Crippen LogP contribution in [-0.4, -0.2) is 22.7 Å². The predicted octanol–water partition coefficient (Wildman–Crippen LogP) is 1.44. The van der Waals surface area contributed by atoms with Gasteiger partial charge in [-0.25, -0.2) is 4.68 Å². The summed E-state index contributed by atoms with van der Waals surface area (Å²) in [7, 11) is 1.56. The molecular formula is C14H14N2O3. The second kappa shape index (κ2) is 5.48. The number of methoxy groups -OCH3 is 1. The fraction of sp³-hybridized carbons (Fsp3) is 0.214. The van der Waals surface area contributed by atoms with E-state index in [2.05, 4.69) is 5.10 Å². The first kappa shape index (κ1) is 13.0. The van der Waals surface area contributed by atoms with Gasteiger partial charge in [0, 0.05) is 11.6 Å². The monoisotopic (exact) mass is 258 g/mol. The number of hydrogen-bond acceptors (Lipinski definition) is 4. The van der Waals surface area contributed by atoms with Gasteiger partial charge in [-0.05, 0) is 36.8 Å². The molecule has 0 bridgehead atoms. The van der Waals surface area contributed by atoms with Gasteiger partial charge in [0.25, 0.3) is 5.56 Å². The molecule has 0 fully saturated rings. The molecule has 0 aliphatic carbocycles. The van der Waals surface area contributed by atoms with Crippen LogP contribution < -0.4 is 10.3 Å². The van der Waals surface area contributed by atoms with Gasteiger partial charge in [-0.3, -0.25) is 9.59 Å². The summed E-state index contributed by atoms with van der Waals surface area (Å²) in [6, 6.07) is 8.20. The van der Waals surface area contributed by atoms with Crippen LogP contribution in [0.4, 0.5) is 0 Å². The van der Waals surface area contributed by atoms with Crippen molar-refractivity contribution < 1.29 is 9.53 Å². The first-order valence-electron chi connectivity index (χ1n) is 5.81. The fourth-order valence-electron chi connectivity index (χ4n) is 1.65. The predicted molar refractivity (Wildman–Crippen MR) is 70.6 cm³/mol. The molecule has 0 saturated carbocycles. The zero-order chi connectivity index (χ0) is 13.8. The average Bonchev–Trinajstić information content (AvgIpc) is 2.42. The van der Waals surface area contributed by atoms with Gasteiger partial charge >= 0.3 is 0 Å². The lowest BCUT2D eigenvalue weighted by Crippen LogP contribution is -2.26. The van der Waals surface area contributed by atoms with E-state index in [0.717, 1.165) is 10.2 Å². The lowest BCUT2D eigenvalue weighted by molar-refractivity contribution is 0.0965. The molecule has 2 rings (SSSR count). The van der Waals surface area contributed by atoms with Gasteiger partial charge in [0.05, 0.1) is 13.3 Å². The second-order valence-electron chi connectivity index (χ2n) is 4.18. The number of aromatic nitrogens is 2. The van der Waals surface area contributed by atoms with Crippen molar-refractivity contribution in [2.75, 3.05) is 7.11 Å². The van der Waals surface area contributed by atoms with Crippen molar-refractivity contribution in [3.8, 4) is 5.75 Å². The van der Waals surface area contributed by atoms with E-state index in [9.17, 15) is 9.59 Å². The molecule has 0 N–H and O–H groups in total. The highest BCUT2D eigenvalue weighted by atomic mass is 16.5. The summed E-state index contributed by atoms with van der Waals surface area (Å²) in [6.07, 6.45) is 1.56. The highest BCUT2D eigenvalue weighted by Crippen LogP contribution is 2.11. The molecule has 5 nitrogen and oxygen atoms in total. The van der Waals surface area contributed by atoms with Crippen molar-refractivity contribution in [3.05, 3.63) is 58.0 Å². The molecule has 1 aromatic heterocycles. The first-order chi connectivity index (χ1) is 9.10. The van der Waals surface area contributed by atoms with E-state index in [-0.39, 0.29) is 17.9 Å². The van der Waals surface area contributed by atoms with E-state index in [1.807, 2.05) is 0 Å². The van der Waals surface area contributed by atoms with Crippen LogP contribution >= 0.6 is 0 Å². The topological polar surface area (TPSA) is 61.2 Å². The summed E-state index contributed by atoms with van der Waals surface area (Å²) >= 11 is 0. The Balaban J connectivity index is 2.18. The second-order valence-corrected chi connectivity index (χ2v) is 4.18. The molecule has 0 unspecified atom stereocenters. The SMILES string of the molecule is COc1ccc(C(=O)Cn2ncc(C)cc2=O)cc1. The maximum atomic E-state index is 12.0. The van der Waals surface area contributed by atoms with E-state index < -0.39 is 0 Å². The zero-order valence-corrected chi connectivity index (χ0v) is 10.8. The summed E-state index contributed by atoms with van der Waals surface area (Å²) in [5, 5.41) is 3.94. The molecule has 98 valence electrons. The number of hydrogen-bond donors (Lipinski definition) is 0. The van der Waals surface area contributed by atoms with Crippen molar-refractivity contribution in [3.63, 3.8) is 0 Å². The maximum Gasteiger partial charge on any atom is 0.267 e. The molecule has 0 amide bonds. The molecule has 0 aliphatic rings. The summed E-state index contributed by atoms with van der Waals surface area (Å²) in [4.78, 5) is 23.6. The number of benzene rings is 1. The summed E-state index contributed by atoms with van der Waals surface area (Å²) in [6.45, 7) is 1.72. The third kappa shape index (κ3) is 3.07. The molecule has 1 aromatic carbocycles. The number of carbonyl (C=O) groups excluding carboxylic acids is 1. The van der Waals surface area contributed by atoms with Crippen LogP contribution in [-0.2, 0) is 6.54 Å². The number of ketones is 1. The van der Waals surface area contributed by atoms with E-state index in [1.54, 1.807) is 44.5 Å². The normalized spacial score (nSPS) is 10.2. The highest BCUT2D eigenvalue weighted by Gasteiger charge is 2.08. The van der Waals surface area contributed by atoms with Crippen LogP contribution in [0.2, 0.25) is 0 Å². The van der Waals surface area contributed by atoms with Crippen LogP contribution in [0.5, 0.6) is 5.75 Å². The highest BCUT2D eigenvalue weighted by molar-refractivity contribution is 5.95. The van der Waals surface area contributed by atoms with Gasteiger partial charge in [-0.1, -0.05) is 0 Å². The fourth-order valence-corrected chi connectivity index (χ4v) is 1.65. The van der Waals surface area contributed by atoms with Crippen molar-refractivity contribution >= 4 is 5.78 Å². The third-order valence-electron chi connectivity index (χ3n) is 2.71. The molecule has 5 heteroatoms. The van der Waals surface area contributed by atoms with Gasteiger partial charge in [-0.2, -0.15) is 5.10 Å². The largest absolute Gasteiger partial charge is 0.497 e. The Bertz CT molecular complexity index is 644. The molecule has 0 radical (unpaired) electrons. The molecule has 0 spiro atoms. The molecule has 1 heterocycles. The molecule has 19 heavy (non-hydrogen) atoms. The number of ether oxygens (including phenoxy) is 1. The Kier molecular flexibility index (Phi) is 3.75. The molecular weight excluding hydrogens is 244 g/mol. The molecule has 0 aliphatic heterocycles. The minimum atomic E-state index is -0.276. The Hall–Kier alpha value is -2.43. The van der Waals surface area contributed by atoms with Crippen molar-refractivity contribution in [2.24, 2.45) is 0 Å². The Morgan fingerprint density at radius 2 is 2.00 bits per heavy atom. The van der Waals surface area contributed by atoms with Crippen LogP contribution in [0.3, 0.4) is 0 Å². The van der Waals surface area contributed by atoms with Crippen molar-refractivity contribution in [1.82, 2.24) is 9.78 Å². The van der Waals surface area contributed by atoms with Crippen LogP contribution in [0.15, 0.2) is 41.3 Å². The smallest absolute Gasteiger partial charge is 0.267 e. The first-order valence-corrected chi connectivity index (χ1v) is 5.81. The number of rotatable bonds is 4. The van der Waals surface area contributed by atoms with Gasteiger partial charge in [0.2, 0.25) is 0 Å². The van der Waals surface area contributed by atoms with Crippen LogP contribution in [0.1, 0.15) is 15.9 Å². The number of Topliss-reactive ketones (excluding diaryl/α,β-unsaturated/α-hetero) is 1. The van der Waals surface area contributed by atoms with E-state index in [1.165, 1.54) is 6.07 Å². The number of carbonyl (C=O) groups is 1. The van der Waals surface area contributed by atoms with Crippen LogP contribution in [0, 0.1) is 6.92 Å². The van der Waals surface area contributed by atoms with Gasteiger partial charge < -0.3 is 4.74 Å². The number of aryl methyl sites for hydroxylation is 1. The number of nitrogens with zero attached hydrogens (tertiary/aromatic N) is 2. The lowest BCUT2D eigenvalue weighted by atomic mass is 10.1. The minimum absolute atomic E-state index is 0.0640. The van der Waals surface area contributed by atoms with Crippen molar-refractivity contribution in [2.45, 2.75) is 13.5 Å². The van der Waals surface area contributed by atoms with E-state index in [4.69, 9.17) is 4.74 Å². The molecule has 2 aromatic rings. The van der Waals surface area contributed by atoms with E-state index in [0.29, 0.717) is 11.3 Å². The van der Waals surface area contributed by atoms with Crippen LogP contribution in [0.25, 0.3) is 0 Å². The lowest BCUT2D eigenvalue weighted by Gasteiger charge is -2.05. The minimum Gasteiger partial charge on any atom is -0.497 e. The van der Waals surface area contributed by atoms with Crippen molar-refractivity contribution in [1.29, 1.82) is 0 Å². The van der Waals surface area contributed by atoms with Gasteiger partial charge in [0.15, 0.2) is 5.78 Å². The quantitative estimate of drug-likeness (QED) is 0.779. The Morgan fingerprint density at radius 1 is 1.32 bits per heavy atom. The summed E-state index contributed by atoms with van der Waals surface area (Å²) < 4.78 is 6.17. The van der Waals surface area contributed by atoms with E-state index >= 15 is 0 Å². The average molecular weight is 258 g/mol. The molecule has 0 atom stereocenters. The third-order valence-corrected chi connectivity index (χ3v) is 2.71.